The van der Waals surface area contributed by atoms with Gasteiger partial charge in [-0.25, -0.2) is 0 Å². The number of hydrogen-bond acceptors (Lipinski definition) is 1. The SMILES string of the molecule is C[Si]1(C)c2ccccc2C2(CCCC2)c2ccc(-c3c4ccccc4c(-c4ccc5c(c4)[Si](C)(C)c4ccccc4C54CCCC4)c4c3cnc3ccccc34)cc21. The van der Waals surface area contributed by atoms with Gasteiger partial charge in [-0.1, -0.05) is 190 Å². The number of benzene rings is 7. The molecule has 8 aromatic rings. The van der Waals surface area contributed by atoms with Crippen molar-refractivity contribution in [2.45, 2.75) is 88.4 Å². The Morgan fingerprint density at radius 3 is 1.40 bits per heavy atom. The van der Waals surface area contributed by atoms with Crippen LogP contribution in [0.15, 0.2) is 140 Å². The summed E-state index contributed by atoms with van der Waals surface area (Å²) < 4.78 is 0. The van der Waals surface area contributed by atoms with E-state index in [0.717, 1.165) is 5.52 Å². The zero-order chi connectivity index (χ0) is 39.0. The molecule has 1 aromatic heterocycles. The van der Waals surface area contributed by atoms with Gasteiger partial charge in [0.25, 0.3) is 0 Å². The Balaban J connectivity index is 1.15. The summed E-state index contributed by atoms with van der Waals surface area (Å²) in [7, 11) is -4.03. The van der Waals surface area contributed by atoms with Crippen LogP contribution in [0.5, 0.6) is 0 Å². The standard InChI is InChI=1S/C55H51NSi2/c1-57(2)47-23-11-8-20-42(47)54(29-13-14-30-54)44-27-25-36(33-49(44)57)51-38-17-5-6-18-39(38)52(53-40-19-7-10-22-46(40)56-35-41(51)53)37-26-28-45-50(34-37)58(3,4)48-24-12-9-21-43(48)55(45)31-15-16-32-55/h5-12,17-28,33-35H,13-16,29-32H2,1-4H3. The van der Waals surface area contributed by atoms with Crippen molar-refractivity contribution in [3.63, 3.8) is 0 Å². The number of pyridine rings is 1. The van der Waals surface area contributed by atoms with Crippen molar-refractivity contribution in [1.29, 1.82) is 0 Å². The topological polar surface area (TPSA) is 12.9 Å². The minimum Gasteiger partial charge on any atom is -0.256 e. The van der Waals surface area contributed by atoms with Crippen LogP contribution in [0.1, 0.15) is 73.6 Å². The molecule has 3 heterocycles. The van der Waals surface area contributed by atoms with Gasteiger partial charge in [0.1, 0.15) is 16.1 Å². The van der Waals surface area contributed by atoms with Gasteiger partial charge in [-0.15, -0.1) is 0 Å². The van der Waals surface area contributed by atoms with Crippen LogP contribution in [-0.4, -0.2) is 21.1 Å². The van der Waals surface area contributed by atoms with Crippen LogP contribution in [-0.2, 0) is 10.8 Å². The quantitative estimate of drug-likeness (QED) is 0.0967. The van der Waals surface area contributed by atoms with E-state index in [0.29, 0.717) is 0 Å². The van der Waals surface area contributed by atoms with E-state index in [9.17, 15) is 0 Å². The molecule has 2 aliphatic heterocycles. The second kappa shape index (κ2) is 12.2. The van der Waals surface area contributed by atoms with Gasteiger partial charge in [-0.05, 0) is 97.4 Å². The second-order valence-electron chi connectivity index (χ2n) is 19.3. The fraction of sp³-hybridized carbons (Fsp3) is 0.255. The Bertz CT molecular complexity index is 3030. The highest BCUT2D eigenvalue weighted by molar-refractivity contribution is 7.02. The zero-order valence-electron chi connectivity index (χ0n) is 34.4. The largest absolute Gasteiger partial charge is 0.256 e. The molecule has 2 spiro atoms. The maximum absolute atomic E-state index is 5.22. The summed E-state index contributed by atoms with van der Waals surface area (Å²) in [6.07, 6.45) is 12.5. The van der Waals surface area contributed by atoms with Crippen molar-refractivity contribution < 1.29 is 0 Å². The Hall–Kier alpha value is -5.10. The van der Waals surface area contributed by atoms with Crippen LogP contribution in [0, 0.1) is 0 Å². The molecule has 2 aliphatic carbocycles. The van der Waals surface area contributed by atoms with Crippen LogP contribution in [0.4, 0.5) is 0 Å². The highest BCUT2D eigenvalue weighted by Gasteiger charge is 2.50. The van der Waals surface area contributed by atoms with Crippen LogP contribution >= 0.6 is 0 Å². The second-order valence-corrected chi connectivity index (χ2v) is 28.0. The van der Waals surface area contributed by atoms with Crippen molar-refractivity contribution in [3.8, 4) is 22.3 Å². The Morgan fingerprint density at radius 1 is 0.414 bits per heavy atom. The molecule has 2 saturated carbocycles. The number of aromatic nitrogens is 1. The lowest BCUT2D eigenvalue weighted by Crippen LogP contribution is -2.62. The number of para-hydroxylation sites is 1. The number of rotatable bonds is 2. The van der Waals surface area contributed by atoms with Gasteiger partial charge in [0, 0.05) is 33.2 Å². The van der Waals surface area contributed by atoms with E-state index in [1.165, 1.54) is 101 Å². The molecular formula is C55H51NSi2. The van der Waals surface area contributed by atoms with E-state index in [4.69, 9.17) is 4.98 Å². The highest BCUT2D eigenvalue weighted by atomic mass is 28.3. The van der Waals surface area contributed by atoms with E-state index >= 15 is 0 Å². The lowest BCUT2D eigenvalue weighted by Gasteiger charge is -2.45. The molecule has 2 fully saturated rings. The van der Waals surface area contributed by atoms with E-state index in [1.54, 1.807) is 43.0 Å². The molecule has 0 N–H and O–H groups in total. The van der Waals surface area contributed by atoms with Gasteiger partial charge in [0.2, 0.25) is 0 Å². The first-order valence-electron chi connectivity index (χ1n) is 22.0. The molecule has 284 valence electrons. The first-order chi connectivity index (χ1) is 28.2. The Morgan fingerprint density at radius 2 is 0.845 bits per heavy atom. The average Bonchev–Trinajstić information content (AvgIpc) is 3.97. The van der Waals surface area contributed by atoms with E-state index in [-0.39, 0.29) is 10.8 Å². The van der Waals surface area contributed by atoms with Gasteiger partial charge in [0.15, 0.2) is 0 Å². The third-order valence-electron chi connectivity index (χ3n) is 15.9. The summed E-state index contributed by atoms with van der Waals surface area (Å²) >= 11 is 0. The molecule has 58 heavy (non-hydrogen) atoms. The molecular weight excluding hydrogens is 731 g/mol. The van der Waals surface area contributed by atoms with E-state index in [1.807, 2.05) is 0 Å². The highest BCUT2D eigenvalue weighted by Crippen LogP contribution is 2.52. The number of hydrogen-bond donors (Lipinski definition) is 0. The van der Waals surface area contributed by atoms with Crippen molar-refractivity contribution in [1.82, 2.24) is 4.98 Å². The Kier molecular flexibility index (Phi) is 7.35. The predicted octanol–water partition coefficient (Wildman–Crippen LogP) is 11.9. The molecule has 0 bridgehead atoms. The van der Waals surface area contributed by atoms with E-state index in [2.05, 4.69) is 166 Å². The minimum absolute atomic E-state index is 0.138. The first kappa shape index (κ1) is 34.9. The molecule has 7 aromatic carbocycles. The fourth-order valence-corrected chi connectivity index (χ4v) is 19.8. The summed E-state index contributed by atoms with van der Waals surface area (Å²) in [5.41, 5.74) is 13.2. The van der Waals surface area contributed by atoms with Crippen molar-refractivity contribution in [2.24, 2.45) is 0 Å². The molecule has 0 atom stereocenters. The number of nitrogens with zero attached hydrogens (tertiary/aromatic N) is 1. The van der Waals surface area contributed by atoms with Crippen molar-refractivity contribution in [2.75, 3.05) is 0 Å². The summed E-state index contributed by atoms with van der Waals surface area (Å²) in [6, 6.07) is 52.7. The smallest absolute Gasteiger partial charge is 0.113 e. The van der Waals surface area contributed by atoms with E-state index < -0.39 is 16.1 Å². The fourth-order valence-electron chi connectivity index (χ4n) is 13.2. The van der Waals surface area contributed by atoms with Gasteiger partial charge < -0.3 is 0 Å². The van der Waals surface area contributed by atoms with Crippen LogP contribution in [0.25, 0.3) is 54.7 Å². The average molecular weight is 782 g/mol. The maximum Gasteiger partial charge on any atom is 0.113 e. The lowest BCUT2D eigenvalue weighted by molar-refractivity contribution is 0.538. The van der Waals surface area contributed by atoms with Gasteiger partial charge in [0.05, 0.1) is 5.52 Å². The molecule has 4 aliphatic rings. The molecule has 0 amide bonds. The molecule has 1 nitrogen and oxygen atoms in total. The van der Waals surface area contributed by atoms with Crippen molar-refractivity contribution in [3.05, 3.63) is 162 Å². The molecule has 0 saturated heterocycles. The third-order valence-corrected chi connectivity index (χ3v) is 23.0. The normalized spacial score (nSPS) is 19.0. The Labute approximate surface area is 345 Å². The lowest BCUT2D eigenvalue weighted by atomic mass is 9.72. The predicted molar refractivity (Wildman–Crippen MR) is 253 cm³/mol. The van der Waals surface area contributed by atoms with Crippen LogP contribution in [0.2, 0.25) is 26.2 Å². The third kappa shape index (κ3) is 4.50. The maximum atomic E-state index is 5.22. The summed E-state index contributed by atoms with van der Waals surface area (Å²) in [5, 5.41) is 13.0. The minimum atomic E-state index is -2.02. The van der Waals surface area contributed by atoms with Crippen LogP contribution in [0.3, 0.4) is 0 Å². The van der Waals surface area contributed by atoms with Crippen molar-refractivity contribution >= 4 is 69.3 Å². The summed E-state index contributed by atoms with van der Waals surface area (Å²) in [6.45, 7) is 10.4. The van der Waals surface area contributed by atoms with Gasteiger partial charge in [-0.3, -0.25) is 4.98 Å². The molecule has 12 rings (SSSR count). The number of fused-ring (bicyclic) bond motifs is 12. The molecule has 3 heteroatoms. The zero-order valence-corrected chi connectivity index (χ0v) is 36.4. The first-order valence-corrected chi connectivity index (χ1v) is 28.0. The molecule has 0 radical (unpaired) electrons. The monoisotopic (exact) mass is 781 g/mol. The summed E-state index contributed by atoms with van der Waals surface area (Å²) in [5.74, 6) is 0. The van der Waals surface area contributed by atoms with Crippen LogP contribution < -0.4 is 20.7 Å². The summed E-state index contributed by atoms with van der Waals surface area (Å²) in [4.78, 5) is 5.22. The van der Waals surface area contributed by atoms with Gasteiger partial charge in [-0.2, -0.15) is 0 Å². The molecule has 0 unspecified atom stereocenters. The van der Waals surface area contributed by atoms with Gasteiger partial charge >= 0.3 is 0 Å².